The number of nitrogens with zero attached hydrogens (tertiary/aromatic N) is 3. The van der Waals surface area contributed by atoms with Crippen molar-refractivity contribution in [2.75, 3.05) is 23.9 Å². The number of esters is 1. The molecule has 2 aromatic rings. The first kappa shape index (κ1) is 19.6. The third-order valence-electron chi connectivity index (χ3n) is 3.07. The van der Waals surface area contributed by atoms with Crippen molar-refractivity contribution in [3.05, 3.63) is 29.8 Å². The van der Waals surface area contributed by atoms with E-state index in [1.54, 1.807) is 0 Å². The Morgan fingerprint density at radius 2 is 2.08 bits per heavy atom. The van der Waals surface area contributed by atoms with Crippen LogP contribution < -0.4 is 11.1 Å². The minimum Gasteiger partial charge on any atom is -0.468 e. The number of nitrogens with one attached hydrogen (secondary N) is 1. The van der Waals surface area contributed by atoms with E-state index in [-0.39, 0.29) is 29.1 Å². The number of methoxy groups -OCH3 is 1. The average Bonchev–Trinajstić information content (AvgIpc) is 2.92. The molecule has 140 valence electrons. The second-order valence-corrected chi connectivity index (χ2v) is 5.86. The zero-order valence-corrected chi connectivity index (χ0v) is 14.2. The van der Waals surface area contributed by atoms with Gasteiger partial charge in [0.2, 0.25) is 11.9 Å². The second kappa shape index (κ2) is 8.08. The van der Waals surface area contributed by atoms with E-state index in [2.05, 4.69) is 20.3 Å². The summed E-state index contributed by atoms with van der Waals surface area (Å²) in [6.07, 6.45) is -4.52. The van der Waals surface area contributed by atoms with Crippen molar-refractivity contribution in [2.24, 2.45) is 0 Å². The highest BCUT2D eigenvalue weighted by molar-refractivity contribution is 7.99. The Labute approximate surface area is 149 Å². The molecule has 0 radical (unpaired) electrons. The van der Waals surface area contributed by atoms with Crippen LogP contribution in [0.5, 0.6) is 0 Å². The van der Waals surface area contributed by atoms with Gasteiger partial charge in [0.05, 0.1) is 18.4 Å². The molecule has 2 rings (SSSR count). The van der Waals surface area contributed by atoms with E-state index < -0.39 is 23.6 Å². The number of amides is 1. The van der Waals surface area contributed by atoms with Gasteiger partial charge < -0.3 is 15.8 Å². The van der Waals surface area contributed by atoms with Crippen LogP contribution in [0.1, 0.15) is 5.56 Å². The summed E-state index contributed by atoms with van der Waals surface area (Å²) in [7, 11) is 1.23. The van der Waals surface area contributed by atoms with E-state index in [1.807, 2.05) is 0 Å². The van der Waals surface area contributed by atoms with Crippen molar-refractivity contribution in [3.8, 4) is 0 Å². The van der Waals surface area contributed by atoms with Gasteiger partial charge >= 0.3 is 12.1 Å². The molecule has 8 nitrogen and oxygen atoms in total. The van der Waals surface area contributed by atoms with Crippen molar-refractivity contribution in [1.82, 2.24) is 14.8 Å². The monoisotopic (exact) mass is 389 g/mol. The Kier molecular flexibility index (Phi) is 6.08. The third-order valence-corrected chi connectivity index (χ3v) is 4.01. The summed E-state index contributed by atoms with van der Waals surface area (Å²) in [4.78, 5) is 23.3. The Hall–Kier alpha value is -2.76. The standard InChI is InChI=1S/C14H14F3N5O3S/c1-25-11(24)7-26-13-21-20-12(18)22(13)6-10(23)19-9-4-2-3-8(5-9)14(15,16)17/h2-5H,6-7H2,1H3,(H2,18,20)(H,19,23). The highest BCUT2D eigenvalue weighted by atomic mass is 32.2. The number of nitrogens with two attached hydrogens (primary N) is 1. The molecule has 26 heavy (non-hydrogen) atoms. The highest BCUT2D eigenvalue weighted by Crippen LogP contribution is 2.30. The zero-order valence-electron chi connectivity index (χ0n) is 13.4. The largest absolute Gasteiger partial charge is 0.468 e. The lowest BCUT2D eigenvalue weighted by Gasteiger charge is -2.11. The molecule has 12 heteroatoms. The molecule has 0 bridgehead atoms. The predicted octanol–water partition coefficient (Wildman–Crippen LogP) is 1.78. The van der Waals surface area contributed by atoms with E-state index in [4.69, 9.17) is 5.73 Å². The molecule has 0 atom stereocenters. The number of hydrogen-bond donors (Lipinski definition) is 2. The van der Waals surface area contributed by atoms with Gasteiger partial charge in [0, 0.05) is 5.69 Å². The number of halogens is 3. The first-order chi connectivity index (χ1) is 12.2. The number of ether oxygens (including phenoxy) is 1. The zero-order chi connectivity index (χ0) is 19.3. The van der Waals surface area contributed by atoms with Crippen LogP contribution >= 0.6 is 11.8 Å². The number of aromatic nitrogens is 3. The maximum Gasteiger partial charge on any atom is 0.416 e. The summed E-state index contributed by atoms with van der Waals surface area (Å²) < 4.78 is 43.8. The van der Waals surface area contributed by atoms with E-state index in [0.29, 0.717) is 0 Å². The van der Waals surface area contributed by atoms with Gasteiger partial charge in [-0.15, -0.1) is 10.2 Å². The molecule has 0 aliphatic heterocycles. The van der Waals surface area contributed by atoms with Crippen molar-refractivity contribution in [3.63, 3.8) is 0 Å². The van der Waals surface area contributed by atoms with Crippen LogP contribution in [-0.4, -0.2) is 39.5 Å². The first-order valence-corrected chi connectivity index (χ1v) is 8.04. The molecule has 0 saturated carbocycles. The van der Waals surface area contributed by atoms with Crippen LogP contribution in [0.2, 0.25) is 0 Å². The van der Waals surface area contributed by atoms with E-state index in [1.165, 1.54) is 23.8 Å². The van der Waals surface area contributed by atoms with E-state index in [9.17, 15) is 22.8 Å². The molecule has 0 fully saturated rings. The summed E-state index contributed by atoms with van der Waals surface area (Å²) in [6, 6.07) is 4.23. The van der Waals surface area contributed by atoms with Gasteiger partial charge in [-0.2, -0.15) is 13.2 Å². The summed E-state index contributed by atoms with van der Waals surface area (Å²) in [6.45, 7) is -0.335. The lowest BCUT2D eigenvalue weighted by molar-refractivity contribution is -0.138. The first-order valence-electron chi connectivity index (χ1n) is 7.06. The number of benzene rings is 1. The van der Waals surface area contributed by atoms with Gasteiger partial charge in [0.25, 0.3) is 0 Å². The van der Waals surface area contributed by atoms with E-state index in [0.717, 1.165) is 23.9 Å². The Morgan fingerprint density at radius 3 is 2.73 bits per heavy atom. The van der Waals surface area contributed by atoms with Gasteiger partial charge in [0.1, 0.15) is 6.54 Å². The number of carbonyl (C=O) groups is 2. The Morgan fingerprint density at radius 1 is 1.35 bits per heavy atom. The smallest absolute Gasteiger partial charge is 0.416 e. The minimum absolute atomic E-state index is 0.0137. The highest BCUT2D eigenvalue weighted by Gasteiger charge is 2.30. The maximum absolute atomic E-state index is 12.7. The lowest BCUT2D eigenvalue weighted by Crippen LogP contribution is -2.21. The maximum atomic E-state index is 12.7. The molecule has 0 aliphatic rings. The van der Waals surface area contributed by atoms with Crippen LogP contribution in [0.4, 0.5) is 24.8 Å². The van der Waals surface area contributed by atoms with Crippen LogP contribution in [0.3, 0.4) is 0 Å². The fraction of sp³-hybridized carbons (Fsp3) is 0.286. The minimum atomic E-state index is -4.52. The topological polar surface area (TPSA) is 112 Å². The Bertz CT molecular complexity index is 809. The van der Waals surface area contributed by atoms with Crippen LogP contribution in [-0.2, 0) is 27.0 Å². The number of rotatable bonds is 6. The van der Waals surface area contributed by atoms with Gasteiger partial charge in [-0.3, -0.25) is 14.2 Å². The number of carbonyl (C=O) groups excluding carboxylic acids is 2. The number of anilines is 2. The third kappa shape index (κ3) is 5.12. The van der Waals surface area contributed by atoms with Crippen molar-refractivity contribution >= 4 is 35.3 Å². The predicted molar refractivity (Wildman–Crippen MR) is 87.2 cm³/mol. The molecule has 1 amide bonds. The average molecular weight is 389 g/mol. The molecule has 1 aromatic heterocycles. The van der Waals surface area contributed by atoms with Crippen LogP contribution in [0, 0.1) is 0 Å². The van der Waals surface area contributed by atoms with Crippen molar-refractivity contribution < 1.29 is 27.5 Å². The summed E-state index contributed by atoms with van der Waals surface area (Å²) in [5.74, 6) is -1.27. The van der Waals surface area contributed by atoms with Gasteiger partial charge in [-0.1, -0.05) is 17.8 Å². The fourth-order valence-corrected chi connectivity index (χ4v) is 2.63. The summed E-state index contributed by atoms with van der Waals surface area (Å²) in [5, 5.41) is 9.91. The molecule has 0 spiro atoms. The lowest BCUT2D eigenvalue weighted by atomic mass is 10.2. The number of thioether (sulfide) groups is 1. The molecule has 1 heterocycles. The fourth-order valence-electron chi connectivity index (χ4n) is 1.86. The quantitative estimate of drug-likeness (QED) is 0.572. The molecule has 0 unspecified atom stereocenters. The number of alkyl halides is 3. The summed E-state index contributed by atoms with van der Waals surface area (Å²) >= 11 is 0.961. The van der Waals surface area contributed by atoms with Crippen LogP contribution in [0.15, 0.2) is 29.4 Å². The number of nitrogen functional groups attached to an aromatic ring is 1. The molecular weight excluding hydrogens is 375 g/mol. The summed E-state index contributed by atoms with van der Waals surface area (Å²) in [5.41, 5.74) is 4.74. The Balaban J connectivity index is 2.06. The van der Waals surface area contributed by atoms with Gasteiger partial charge in [-0.05, 0) is 18.2 Å². The SMILES string of the molecule is COC(=O)CSc1nnc(N)n1CC(=O)Nc1cccc(C(F)(F)F)c1. The van der Waals surface area contributed by atoms with Gasteiger partial charge in [-0.25, -0.2) is 0 Å². The molecule has 1 aromatic carbocycles. The normalized spacial score (nSPS) is 11.2. The van der Waals surface area contributed by atoms with Crippen molar-refractivity contribution in [2.45, 2.75) is 17.9 Å². The van der Waals surface area contributed by atoms with E-state index >= 15 is 0 Å². The molecule has 3 N–H and O–H groups in total. The molecule has 0 saturated heterocycles. The van der Waals surface area contributed by atoms with Crippen LogP contribution in [0.25, 0.3) is 0 Å². The molecule has 0 aliphatic carbocycles. The second-order valence-electron chi connectivity index (χ2n) is 4.92. The molecular formula is C14H14F3N5O3S. The van der Waals surface area contributed by atoms with Gasteiger partial charge in [0.15, 0.2) is 5.16 Å². The van der Waals surface area contributed by atoms with Crippen molar-refractivity contribution in [1.29, 1.82) is 0 Å². The number of hydrogen-bond acceptors (Lipinski definition) is 7.